The smallest absolute Gasteiger partial charge is 0.408 e. The third-order valence-electron chi connectivity index (χ3n) is 2.69. The summed E-state index contributed by atoms with van der Waals surface area (Å²) in [5.74, 6) is -0.111. The van der Waals surface area contributed by atoms with E-state index < -0.39 is 11.7 Å². The summed E-state index contributed by atoms with van der Waals surface area (Å²) in [6.07, 6.45) is -0.294. The zero-order chi connectivity index (χ0) is 14.0. The zero-order valence-corrected chi connectivity index (χ0v) is 11.3. The van der Waals surface area contributed by atoms with Gasteiger partial charge in [0.25, 0.3) is 0 Å². The van der Waals surface area contributed by atoms with Crippen molar-refractivity contribution >= 4 is 17.7 Å². The lowest BCUT2D eigenvalue weighted by atomic mass is 9.98. The fourth-order valence-electron chi connectivity index (χ4n) is 1.99. The summed E-state index contributed by atoms with van der Waals surface area (Å²) in [7, 11) is 0. The lowest BCUT2D eigenvalue weighted by Crippen LogP contribution is -2.38. The number of benzene rings is 1. The molecule has 2 N–H and O–H groups in total. The van der Waals surface area contributed by atoms with Crippen LogP contribution in [0.1, 0.15) is 38.8 Å². The minimum atomic E-state index is -0.555. The van der Waals surface area contributed by atoms with E-state index in [0.717, 1.165) is 11.3 Å². The van der Waals surface area contributed by atoms with Gasteiger partial charge in [-0.15, -0.1) is 0 Å². The van der Waals surface area contributed by atoms with Crippen LogP contribution in [0.2, 0.25) is 0 Å². The summed E-state index contributed by atoms with van der Waals surface area (Å²) in [4.78, 5) is 23.4. The van der Waals surface area contributed by atoms with Crippen molar-refractivity contribution in [3.8, 4) is 0 Å². The number of nitrogens with one attached hydrogen (secondary N) is 2. The maximum atomic E-state index is 11.8. The van der Waals surface area contributed by atoms with Crippen LogP contribution in [0.4, 0.5) is 10.5 Å². The fraction of sp³-hybridized carbons (Fsp3) is 0.429. The molecule has 5 heteroatoms. The van der Waals surface area contributed by atoms with Crippen LogP contribution in [-0.2, 0) is 9.53 Å². The Kier molecular flexibility index (Phi) is 3.46. The second kappa shape index (κ2) is 4.91. The minimum absolute atomic E-state index is 0.111. The highest BCUT2D eigenvalue weighted by Gasteiger charge is 2.27. The van der Waals surface area contributed by atoms with E-state index in [0.29, 0.717) is 0 Å². The van der Waals surface area contributed by atoms with E-state index in [1.807, 2.05) is 24.3 Å². The molecule has 1 aromatic rings. The number of anilines is 1. The summed E-state index contributed by atoms with van der Waals surface area (Å²) in [6.45, 7) is 5.40. The summed E-state index contributed by atoms with van der Waals surface area (Å²) in [6, 6.07) is 7.07. The summed E-state index contributed by atoms with van der Waals surface area (Å²) in [5, 5.41) is 5.52. The van der Waals surface area contributed by atoms with E-state index in [4.69, 9.17) is 4.74 Å². The summed E-state index contributed by atoms with van der Waals surface area (Å²) in [5.41, 5.74) is 1.08. The van der Waals surface area contributed by atoms with Gasteiger partial charge in [0, 0.05) is 5.69 Å². The molecule has 1 aromatic carbocycles. The Morgan fingerprint density at radius 2 is 2.05 bits per heavy atom. The molecule has 0 fully saturated rings. The van der Waals surface area contributed by atoms with Crippen LogP contribution in [0.5, 0.6) is 0 Å². The van der Waals surface area contributed by atoms with Crippen molar-refractivity contribution in [2.75, 3.05) is 5.32 Å². The third kappa shape index (κ3) is 3.47. The summed E-state index contributed by atoms with van der Waals surface area (Å²) < 4.78 is 5.21. The van der Waals surface area contributed by atoms with Gasteiger partial charge >= 0.3 is 6.09 Å². The van der Waals surface area contributed by atoms with E-state index in [9.17, 15) is 9.59 Å². The monoisotopic (exact) mass is 262 g/mol. The van der Waals surface area contributed by atoms with Crippen molar-refractivity contribution in [2.24, 2.45) is 0 Å². The maximum absolute atomic E-state index is 11.8. The highest BCUT2D eigenvalue weighted by Crippen LogP contribution is 2.30. The summed E-state index contributed by atoms with van der Waals surface area (Å²) >= 11 is 0. The first-order valence-corrected chi connectivity index (χ1v) is 6.23. The van der Waals surface area contributed by atoms with E-state index in [1.54, 1.807) is 20.8 Å². The first kappa shape index (κ1) is 13.4. The fourth-order valence-corrected chi connectivity index (χ4v) is 1.99. The van der Waals surface area contributed by atoms with Crippen molar-refractivity contribution < 1.29 is 14.3 Å². The number of hydrogen-bond acceptors (Lipinski definition) is 3. The van der Waals surface area contributed by atoms with Gasteiger partial charge in [-0.1, -0.05) is 18.2 Å². The molecule has 0 spiro atoms. The highest BCUT2D eigenvalue weighted by atomic mass is 16.6. The predicted octanol–water partition coefficient (Wildman–Crippen LogP) is 2.59. The van der Waals surface area contributed by atoms with Gasteiger partial charge in [-0.25, -0.2) is 4.79 Å². The van der Waals surface area contributed by atoms with E-state index in [2.05, 4.69) is 10.6 Å². The number of ether oxygens (including phenoxy) is 1. The Balaban J connectivity index is 2.13. The molecule has 0 saturated heterocycles. The molecule has 0 saturated carbocycles. The van der Waals surface area contributed by atoms with Crippen LogP contribution in [0, 0.1) is 0 Å². The van der Waals surface area contributed by atoms with Crippen LogP contribution in [0.15, 0.2) is 24.3 Å². The number of amides is 2. The molecule has 0 radical (unpaired) electrons. The molecule has 2 amide bonds. The van der Waals surface area contributed by atoms with Gasteiger partial charge in [-0.2, -0.15) is 0 Å². The van der Waals surface area contributed by atoms with Gasteiger partial charge in [0.1, 0.15) is 5.60 Å². The van der Waals surface area contributed by atoms with Crippen molar-refractivity contribution in [1.82, 2.24) is 5.32 Å². The molecule has 0 aliphatic carbocycles. The maximum Gasteiger partial charge on any atom is 0.408 e. The van der Waals surface area contributed by atoms with Crippen LogP contribution in [0.3, 0.4) is 0 Å². The Bertz CT molecular complexity index is 506. The van der Waals surface area contributed by atoms with Gasteiger partial charge in [0.15, 0.2) is 0 Å². The van der Waals surface area contributed by atoms with Crippen LogP contribution < -0.4 is 10.6 Å². The van der Waals surface area contributed by atoms with Gasteiger partial charge in [0.2, 0.25) is 5.91 Å². The zero-order valence-electron chi connectivity index (χ0n) is 11.3. The Morgan fingerprint density at radius 3 is 2.74 bits per heavy atom. The van der Waals surface area contributed by atoms with Crippen molar-refractivity contribution in [2.45, 2.75) is 38.8 Å². The molecule has 2 rings (SSSR count). The second-order valence-corrected chi connectivity index (χ2v) is 5.54. The number of fused-ring (bicyclic) bond motifs is 1. The molecular formula is C14H18N2O3. The van der Waals surface area contributed by atoms with E-state index >= 15 is 0 Å². The van der Waals surface area contributed by atoms with E-state index in [-0.39, 0.29) is 18.4 Å². The standard InChI is InChI=1S/C14H18N2O3/c1-14(2,3)19-13(18)16-11-8-12(17)15-10-7-5-4-6-9(10)11/h4-7,11H,8H2,1-3H3,(H,15,17)(H,16,18). The first-order valence-electron chi connectivity index (χ1n) is 6.23. The minimum Gasteiger partial charge on any atom is -0.444 e. The van der Waals surface area contributed by atoms with Gasteiger partial charge < -0.3 is 15.4 Å². The topological polar surface area (TPSA) is 67.4 Å². The average Bonchev–Trinajstić information content (AvgIpc) is 2.25. The Morgan fingerprint density at radius 1 is 1.37 bits per heavy atom. The molecule has 0 bridgehead atoms. The van der Waals surface area contributed by atoms with Crippen molar-refractivity contribution in [3.63, 3.8) is 0 Å². The van der Waals surface area contributed by atoms with Crippen molar-refractivity contribution in [1.29, 1.82) is 0 Å². The van der Waals surface area contributed by atoms with Crippen molar-refractivity contribution in [3.05, 3.63) is 29.8 Å². The van der Waals surface area contributed by atoms with E-state index in [1.165, 1.54) is 0 Å². The Hall–Kier alpha value is -2.04. The van der Waals surface area contributed by atoms with Gasteiger partial charge in [-0.05, 0) is 32.4 Å². The van der Waals surface area contributed by atoms with Crippen LogP contribution in [0.25, 0.3) is 0 Å². The SMILES string of the molecule is CC(C)(C)OC(=O)NC1CC(=O)Nc2ccccc21. The van der Waals surface area contributed by atoms with Gasteiger partial charge in [0.05, 0.1) is 12.5 Å². The molecule has 1 atom stereocenters. The molecule has 0 aromatic heterocycles. The number of carbonyl (C=O) groups excluding carboxylic acids is 2. The second-order valence-electron chi connectivity index (χ2n) is 5.54. The van der Waals surface area contributed by atoms with Gasteiger partial charge in [-0.3, -0.25) is 4.79 Å². The van der Waals surface area contributed by atoms with Crippen LogP contribution in [-0.4, -0.2) is 17.6 Å². The van der Waals surface area contributed by atoms with Crippen LogP contribution >= 0.6 is 0 Å². The molecular weight excluding hydrogens is 244 g/mol. The molecule has 102 valence electrons. The third-order valence-corrected chi connectivity index (χ3v) is 2.69. The predicted molar refractivity (Wildman–Crippen MR) is 71.8 cm³/mol. The molecule has 1 unspecified atom stereocenters. The quantitative estimate of drug-likeness (QED) is 0.817. The normalized spacial score (nSPS) is 18.3. The lowest BCUT2D eigenvalue weighted by molar-refractivity contribution is -0.117. The molecule has 1 heterocycles. The number of alkyl carbamates (subject to hydrolysis) is 1. The molecule has 1 aliphatic rings. The lowest BCUT2D eigenvalue weighted by Gasteiger charge is -2.27. The molecule has 5 nitrogen and oxygen atoms in total. The number of hydrogen-bond donors (Lipinski definition) is 2. The first-order chi connectivity index (χ1) is 8.85. The average molecular weight is 262 g/mol. The number of para-hydroxylation sites is 1. The highest BCUT2D eigenvalue weighted by molar-refractivity contribution is 5.95. The number of rotatable bonds is 1. The molecule has 1 aliphatic heterocycles. The largest absolute Gasteiger partial charge is 0.444 e. The number of carbonyl (C=O) groups is 2. The Labute approximate surface area is 112 Å². The molecule has 19 heavy (non-hydrogen) atoms.